The van der Waals surface area contributed by atoms with Crippen molar-refractivity contribution in [1.82, 2.24) is 5.32 Å². The van der Waals surface area contributed by atoms with E-state index in [1.807, 2.05) is 24.3 Å². The van der Waals surface area contributed by atoms with E-state index in [0.717, 1.165) is 25.7 Å². The van der Waals surface area contributed by atoms with E-state index in [4.69, 9.17) is 4.74 Å². The number of aryl methyl sites for hydroxylation is 1. The van der Waals surface area contributed by atoms with E-state index in [9.17, 15) is 9.90 Å². The zero-order valence-corrected chi connectivity index (χ0v) is 12.0. The molecule has 4 nitrogen and oxygen atoms in total. The van der Waals surface area contributed by atoms with Crippen LogP contribution in [0.4, 0.5) is 0 Å². The average molecular weight is 277 g/mol. The number of benzene rings is 1. The van der Waals surface area contributed by atoms with Crippen LogP contribution >= 0.6 is 0 Å². The van der Waals surface area contributed by atoms with Gasteiger partial charge in [-0.25, -0.2) is 0 Å². The Labute approximate surface area is 120 Å². The Morgan fingerprint density at radius 1 is 1.35 bits per heavy atom. The zero-order chi connectivity index (χ0) is 14.4. The van der Waals surface area contributed by atoms with Gasteiger partial charge in [0.2, 0.25) is 0 Å². The van der Waals surface area contributed by atoms with Gasteiger partial charge in [0.05, 0.1) is 6.10 Å². The fourth-order valence-corrected chi connectivity index (χ4v) is 2.52. The molecule has 0 saturated heterocycles. The second-order valence-corrected chi connectivity index (χ2v) is 5.35. The van der Waals surface area contributed by atoms with Gasteiger partial charge in [0.25, 0.3) is 5.91 Å². The molecule has 0 radical (unpaired) electrons. The summed E-state index contributed by atoms with van der Waals surface area (Å²) in [4.78, 5) is 11.7. The highest BCUT2D eigenvalue weighted by atomic mass is 16.5. The quantitative estimate of drug-likeness (QED) is 0.835. The summed E-state index contributed by atoms with van der Waals surface area (Å²) < 4.78 is 5.43. The fraction of sp³-hybridized carbons (Fsp3) is 0.562. The second-order valence-electron chi connectivity index (χ2n) is 5.35. The monoisotopic (exact) mass is 277 g/mol. The summed E-state index contributed by atoms with van der Waals surface area (Å²) in [6.07, 6.45) is 3.60. The van der Waals surface area contributed by atoms with Gasteiger partial charge in [0.15, 0.2) is 6.61 Å². The number of amides is 1. The van der Waals surface area contributed by atoms with Crippen molar-refractivity contribution in [3.05, 3.63) is 29.8 Å². The van der Waals surface area contributed by atoms with E-state index in [-0.39, 0.29) is 24.5 Å². The Bertz CT molecular complexity index is 430. The summed E-state index contributed by atoms with van der Waals surface area (Å²) in [5.41, 5.74) is 1.25. The van der Waals surface area contributed by atoms with Crippen LogP contribution in [0.3, 0.4) is 0 Å². The highest BCUT2D eigenvalue weighted by Crippen LogP contribution is 2.24. The summed E-state index contributed by atoms with van der Waals surface area (Å²) in [6.45, 7) is 2.66. The van der Waals surface area contributed by atoms with Crippen LogP contribution in [-0.2, 0) is 11.2 Å². The van der Waals surface area contributed by atoms with E-state index < -0.39 is 0 Å². The normalized spacial score (nSPS) is 21.7. The van der Waals surface area contributed by atoms with Gasteiger partial charge in [-0.2, -0.15) is 0 Å². The van der Waals surface area contributed by atoms with Gasteiger partial charge >= 0.3 is 0 Å². The van der Waals surface area contributed by atoms with Gasteiger partial charge in [-0.05, 0) is 37.0 Å². The van der Waals surface area contributed by atoms with Crippen LogP contribution in [0.15, 0.2) is 24.3 Å². The van der Waals surface area contributed by atoms with Crippen molar-refractivity contribution in [3.63, 3.8) is 0 Å². The molecule has 2 rings (SSSR count). The zero-order valence-electron chi connectivity index (χ0n) is 12.0. The van der Waals surface area contributed by atoms with Crippen LogP contribution in [0.1, 0.15) is 31.7 Å². The lowest BCUT2D eigenvalue weighted by molar-refractivity contribution is -0.123. The molecule has 0 aromatic heterocycles. The average Bonchev–Trinajstić information content (AvgIpc) is 2.89. The second kappa shape index (κ2) is 7.29. The fourth-order valence-electron chi connectivity index (χ4n) is 2.52. The molecule has 0 bridgehead atoms. The molecule has 0 spiro atoms. The van der Waals surface area contributed by atoms with Gasteiger partial charge in [0, 0.05) is 12.5 Å². The summed E-state index contributed by atoms with van der Waals surface area (Å²) in [6, 6.07) is 7.77. The maximum absolute atomic E-state index is 11.7. The Balaban J connectivity index is 1.69. The van der Waals surface area contributed by atoms with Crippen LogP contribution in [-0.4, -0.2) is 30.3 Å². The number of ether oxygens (including phenoxy) is 1. The Hall–Kier alpha value is -1.55. The van der Waals surface area contributed by atoms with E-state index in [2.05, 4.69) is 12.2 Å². The maximum atomic E-state index is 11.7. The third kappa shape index (κ3) is 4.23. The van der Waals surface area contributed by atoms with E-state index in [0.29, 0.717) is 12.3 Å². The molecular formula is C16H23NO3. The molecule has 2 unspecified atom stereocenters. The summed E-state index contributed by atoms with van der Waals surface area (Å²) >= 11 is 0. The highest BCUT2D eigenvalue weighted by molar-refractivity contribution is 5.77. The number of aliphatic hydroxyl groups is 1. The smallest absolute Gasteiger partial charge is 0.257 e. The van der Waals surface area contributed by atoms with Crippen LogP contribution in [0, 0.1) is 5.92 Å². The molecule has 20 heavy (non-hydrogen) atoms. The van der Waals surface area contributed by atoms with Gasteiger partial charge in [0.1, 0.15) is 5.75 Å². The maximum Gasteiger partial charge on any atom is 0.257 e. The van der Waals surface area contributed by atoms with Gasteiger partial charge in [-0.3, -0.25) is 4.79 Å². The molecule has 0 heterocycles. The van der Waals surface area contributed by atoms with Gasteiger partial charge in [-0.1, -0.05) is 25.5 Å². The predicted molar refractivity (Wildman–Crippen MR) is 77.7 cm³/mol. The van der Waals surface area contributed by atoms with Crippen LogP contribution in [0.2, 0.25) is 0 Å². The summed E-state index contributed by atoms with van der Waals surface area (Å²) in [7, 11) is 0. The first-order chi connectivity index (χ1) is 9.69. The highest BCUT2D eigenvalue weighted by Gasteiger charge is 2.25. The number of rotatable bonds is 6. The molecule has 1 aliphatic carbocycles. The first kappa shape index (κ1) is 14.9. The molecule has 1 amide bonds. The van der Waals surface area contributed by atoms with E-state index >= 15 is 0 Å². The lowest BCUT2D eigenvalue weighted by Crippen LogP contribution is -2.35. The van der Waals surface area contributed by atoms with Crippen LogP contribution < -0.4 is 10.1 Å². The van der Waals surface area contributed by atoms with Crippen LogP contribution in [0.5, 0.6) is 5.75 Å². The molecule has 1 saturated carbocycles. The van der Waals surface area contributed by atoms with Crippen molar-refractivity contribution in [3.8, 4) is 5.75 Å². The minimum Gasteiger partial charge on any atom is -0.484 e. The van der Waals surface area contributed by atoms with Crippen molar-refractivity contribution in [1.29, 1.82) is 0 Å². The van der Waals surface area contributed by atoms with E-state index in [1.165, 1.54) is 5.56 Å². The van der Waals surface area contributed by atoms with Crippen molar-refractivity contribution in [2.75, 3.05) is 13.2 Å². The number of hydrogen-bond donors (Lipinski definition) is 2. The molecule has 110 valence electrons. The number of aliphatic hydroxyl groups excluding tert-OH is 1. The Kier molecular flexibility index (Phi) is 5.41. The Morgan fingerprint density at radius 3 is 2.70 bits per heavy atom. The van der Waals surface area contributed by atoms with Crippen molar-refractivity contribution < 1.29 is 14.6 Å². The van der Waals surface area contributed by atoms with E-state index in [1.54, 1.807) is 0 Å². The molecule has 0 aliphatic heterocycles. The first-order valence-electron chi connectivity index (χ1n) is 7.35. The Morgan fingerprint density at radius 2 is 2.10 bits per heavy atom. The molecular weight excluding hydrogens is 254 g/mol. The minimum atomic E-state index is -0.266. The molecule has 1 fully saturated rings. The lowest BCUT2D eigenvalue weighted by atomic mass is 10.1. The topological polar surface area (TPSA) is 58.6 Å². The number of nitrogens with one attached hydrogen (secondary N) is 1. The molecule has 1 aromatic carbocycles. The number of hydrogen-bond acceptors (Lipinski definition) is 3. The largest absolute Gasteiger partial charge is 0.484 e. The third-order valence-corrected chi connectivity index (χ3v) is 3.88. The third-order valence-electron chi connectivity index (χ3n) is 3.88. The molecule has 2 atom stereocenters. The van der Waals surface area contributed by atoms with Gasteiger partial charge < -0.3 is 15.2 Å². The summed E-state index contributed by atoms with van der Waals surface area (Å²) in [5.74, 6) is 0.768. The van der Waals surface area contributed by atoms with Crippen LogP contribution in [0.25, 0.3) is 0 Å². The molecule has 2 N–H and O–H groups in total. The lowest BCUT2D eigenvalue weighted by Gasteiger charge is -2.15. The molecule has 1 aliphatic rings. The molecule has 4 heteroatoms. The SMILES string of the molecule is CCc1ccc(OCC(=O)NCC2CCCC2O)cc1. The first-order valence-corrected chi connectivity index (χ1v) is 7.35. The van der Waals surface area contributed by atoms with Crippen molar-refractivity contribution in [2.24, 2.45) is 5.92 Å². The summed E-state index contributed by atoms with van der Waals surface area (Å²) in [5, 5.41) is 12.5. The number of carbonyl (C=O) groups excluding carboxylic acids is 1. The van der Waals surface area contributed by atoms with Crippen molar-refractivity contribution in [2.45, 2.75) is 38.7 Å². The molecule has 1 aromatic rings. The predicted octanol–water partition coefficient (Wildman–Crippen LogP) is 1.91. The standard InChI is InChI=1S/C16H23NO3/c1-2-12-6-8-14(9-7-12)20-11-16(19)17-10-13-4-3-5-15(13)18/h6-9,13,15,18H,2-5,10-11H2,1H3,(H,17,19). The van der Waals surface area contributed by atoms with Crippen molar-refractivity contribution >= 4 is 5.91 Å². The minimum absolute atomic E-state index is 0.0221. The van der Waals surface area contributed by atoms with Gasteiger partial charge in [-0.15, -0.1) is 0 Å². The number of carbonyl (C=O) groups is 1.